The molecule has 2 amide bonds. The van der Waals surface area contributed by atoms with Crippen LogP contribution in [0.5, 0.6) is 5.75 Å². The van der Waals surface area contributed by atoms with Gasteiger partial charge < -0.3 is 15.4 Å². The molecule has 6 heteroatoms. The van der Waals surface area contributed by atoms with Crippen LogP contribution in [0.25, 0.3) is 0 Å². The number of hydrogen-bond acceptors (Lipinski definition) is 4. The molecule has 0 spiro atoms. The smallest absolute Gasteiger partial charge is 0.265 e. The maximum atomic E-state index is 12.4. The van der Waals surface area contributed by atoms with E-state index in [0.717, 1.165) is 0 Å². The van der Waals surface area contributed by atoms with E-state index in [-0.39, 0.29) is 17.9 Å². The first-order chi connectivity index (χ1) is 13.0. The lowest BCUT2D eigenvalue weighted by Crippen LogP contribution is -2.13. The number of ether oxygens (including phenoxy) is 1. The van der Waals surface area contributed by atoms with Gasteiger partial charge in [0.1, 0.15) is 5.75 Å². The van der Waals surface area contributed by atoms with E-state index in [0.29, 0.717) is 27.6 Å². The summed E-state index contributed by atoms with van der Waals surface area (Å²) in [6.07, 6.45) is 0.0419. The van der Waals surface area contributed by atoms with Crippen LogP contribution in [0.4, 0.5) is 11.4 Å². The van der Waals surface area contributed by atoms with Gasteiger partial charge in [0.15, 0.2) is 0 Å². The van der Waals surface area contributed by atoms with E-state index >= 15 is 0 Å². The van der Waals surface area contributed by atoms with E-state index in [9.17, 15) is 9.59 Å². The molecule has 5 nitrogen and oxygen atoms in total. The van der Waals surface area contributed by atoms with Crippen LogP contribution in [-0.2, 0) is 0 Å². The molecule has 0 bridgehead atoms. The highest BCUT2D eigenvalue weighted by atomic mass is 32.1. The first kappa shape index (κ1) is 18.7. The molecule has 27 heavy (non-hydrogen) atoms. The molecule has 138 valence electrons. The number of hydrogen-bond donors (Lipinski definition) is 2. The van der Waals surface area contributed by atoms with Crippen molar-refractivity contribution in [3.63, 3.8) is 0 Å². The van der Waals surface area contributed by atoms with Crippen LogP contribution in [0.3, 0.4) is 0 Å². The van der Waals surface area contributed by atoms with Gasteiger partial charge in [-0.25, -0.2) is 0 Å². The van der Waals surface area contributed by atoms with E-state index in [4.69, 9.17) is 4.74 Å². The normalized spacial score (nSPS) is 10.5. The molecule has 3 aromatic rings. The van der Waals surface area contributed by atoms with Crippen LogP contribution < -0.4 is 15.4 Å². The number of benzene rings is 2. The molecule has 0 radical (unpaired) electrons. The number of amides is 2. The van der Waals surface area contributed by atoms with Crippen molar-refractivity contribution >= 4 is 34.5 Å². The van der Waals surface area contributed by atoms with Crippen molar-refractivity contribution in [3.8, 4) is 5.75 Å². The van der Waals surface area contributed by atoms with Crippen LogP contribution in [0, 0.1) is 0 Å². The van der Waals surface area contributed by atoms with Crippen LogP contribution in [0.15, 0.2) is 66.0 Å². The van der Waals surface area contributed by atoms with Gasteiger partial charge in [-0.15, -0.1) is 11.3 Å². The highest BCUT2D eigenvalue weighted by Crippen LogP contribution is 2.19. The lowest BCUT2D eigenvalue weighted by atomic mass is 10.2. The molecule has 2 N–H and O–H groups in total. The highest BCUT2D eigenvalue weighted by molar-refractivity contribution is 7.12. The third kappa shape index (κ3) is 5.18. The minimum absolute atomic E-state index is 0.0419. The Morgan fingerprint density at radius 2 is 1.56 bits per heavy atom. The molecule has 0 saturated heterocycles. The van der Waals surface area contributed by atoms with Crippen molar-refractivity contribution < 1.29 is 14.3 Å². The summed E-state index contributed by atoms with van der Waals surface area (Å²) in [5.74, 6) is 0.285. The van der Waals surface area contributed by atoms with E-state index in [1.165, 1.54) is 11.3 Å². The molecule has 0 aliphatic heterocycles. The molecule has 1 aromatic heterocycles. The highest BCUT2D eigenvalue weighted by Gasteiger charge is 2.09. The average molecular weight is 380 g/mol. The SMILES string of the molecule is CC(C)Oc1cccc(C(=O)Nc2ccc(NC(=O)c3cccs3)cc2)c1. The fourth-order valence-electron chi connectivity index (χ4n) is 2.42. The Balaban J connectivity index is 1.62. The quantitative estimate of drug-likeness (QED) is 0.629. The zero-order chi connectivity index (χ0) is 19.2. The molecule has 0 aliphatic rings. The molecule has 1 heterocycles. The molecule has 3 rings (SSSR count). The second-order valence-electron chi connectivity index (χ2n) is 6.16. The largest absolute Gasteiger partial charge is 0.491 e. The third-order valence-electron chi connectivity index (χ3n) is 3.61. The number of carbonyl (C=O) groups is 2. The molecule has 0 saturated carbocycles. The Morgan fingerprint density at radius 1 is 0.889 bits per heavy atom. The summed E-state index contributed by atoms with van der Waals surface area (Å²) < 4.78 is 5.62. The molecule has 0 atom stereocenters. The van der Waals surface area contributed by atoms with E-state index in [2.05, 4.69) is 10.6 Å². The zero-order valence-electron chi connectivity index (χ0n) is 15.1. The van der Waals surface area contributed by atoms with Crippen molar-refractivity contribution in [2.45, 2.75) is 20.0 Å². The first-order valence-corrected chi connectivity index (χ1v) is 9.42. The zero-order valence-corrected chi connectivity index (χ0v) is 15.9. The lowest BCUT2D eigenvalue weighted by Gasteiger charge is -2.11. The summed E-state index contributed by atoms with van der Waals surface area (Å²) >= 11 is 1.38. The first-order valence-electron chi connectivity index (χ1n) is 8.54. The van der Waals surface area contributed by atoms with Crippen molar-refractivity contribution in [2.75, 3.05) is 10.6 Å². The van der Waals surface area contributed by atoms with Crippen molar-refractivity contribution in [1.82, 2.24) is 0 Å². The number of thiophene rings is 1. The Bertz CT molecular complexity index is 919. The second kappa shape index (κ2) is 8.51. The summed E-state index contributed by atoms with van der Waals surface area (Å²) in [7, 11) is 0. The summed E-state index contributed by atoms with van der Waals surface area (Å²) in [5, 5.41) is 7.52. The number of anilines is 2. The molecule has 0 unspecified atom stereocenters. The summed E-state index contributed by atoms with van der Waals surface area (Å²) in [5.41, 5.74) is 1.83. The Labute approximate surface area is 162 Å². The number of carbonyl (C=O) groups excluding carboxylic acids is 2. The summed E-state index contributed by atoms with van der Waals surface area (Å²) in [4.78, 5) is 25.1. The number of nitrogens with one attached hydrogen (secondary N) is 2. The van der Waals surface area contributed by atoms with Gasteiger partial charge in [0.2, 0.25) is 0 Å². The van der Waals surface area contributed by atoms with Crippen molar-refractivity contribution in [3.05, 3.63) is 76.5 Å². The average Bonchev–Trinajstić information content (AvgIpc) is 3.18. The standard InChI is InChI=1S/C21H20N2O3S/c1-14(2)26-18-6-3-5-15(13-18)20(24)22-16-8-10-17(11-9-16)23-21(25)19-7-4-12-27-19/h3-14H,1-2H3,(H,22,24)(H,23,25). The second-order valence-corrected chi connectivity index (χ2v) is 7.11. The van der Waals surface area contributed by atoms with Gasteiger partial charge in [-0.05, 0) is 67.8 Å². The predicted octanol–water partition coefficient (Wildman–Crippen LogP) is 5.04. The van der Waals surface area contributed by atoms with Gasteiger partial charge in [-0.3, -0.25) is 9.59 Å². The summed E-state index contributed by atoms with van der Waals surface area (Å²) in [6.45, 7) is 3.87. The minimum atomic E-state index is -0.223. The fraction of sp³-hybridized carbons (Fsp3) is 0.143. The topological polar surface area (TPSA) is 67.4 Å². The molecular weight excluding hydrogens is 360 g/mol. The fourth-order valence-corrected chi connectivity index (χ4v) is 3.04. The Morgan fingerprint density at radius 3 is 2.15 bits per heavy atom. The van der Waals surface area contributed by atoms with Crippen LogP contribution in [0.1, 0.15) is 33.9 Å². The van der Waals surface area contributed by atoms with Crippen LogP contribution in [-0.4, -0.2) is 17.9 Å². The maximum absolute atomic E-state index is 12.4. The maximum Gasteiger partial charge on any atom is 0.265 e. The van der Waals surface area contributed by atoms with Gasteiger partial charge in [-0.1, -0.05) is 12.1 Å². The van der Waals surface area contributed by atoms with E-state index < -0.39 is 0 Å². The predicted molar refractivity (Wildman–Crippen MR) is 109 cm³/mol. The molecular formula is C21H20N2O3S. The van der Waals surface area contributed by atoms with Crippen LogP contribution in [0.2, 0.25) is 0 Å². The van der Waals surface area contributed by atoms with Gasteiger partial charge >= 0.3 is 0 Å². The van der Waals surface area contributed by atoms with Crippen molar-refractivity contribution in [1.29, 1.82) is 0 Å². The molecule has 2 aromatic carbocycles. The Kier molecular flexibility index (Phi) is 5.88. The minimum Gasteiger partial charge on any atom is -0.491 e. The monoisotopic (exact) mass is 380 g/mol. The third-order valence-corrected chi connectivity index (χ3v) is 4.48. The lowest BCUT2D eigenvalue weighted by molar-refractivity contribution is 0.101. The Hall–Kier alpha value is -3.12. The van der Waals surface area contributed by atoms with E-state index in [1.54, 1.807) is 48.5 Å². The molecule has 0 fully saturated rings. The van der Waals surface area contributed by atoms with Crippen LogP contribution >= 0.6 is 11.3 Å². The van der Waals surface area contributed by atoms with Gasteiger partial charge in [0, 0.05) is 16.9 Å². The van der Waals surface area contributed by atoms with Gasteiger partial charge in [0.25, 0.3) is 11.8 Å². The van der Waals surface area contributed by atoms with Gasteiger partial charge in [0.05, 0.1) is 11.0 Å². The summed E-state index contributed by atoms with van der Waals surface area (Å²) in [6, 6.07) is 17.7. The van der Waals surface area contributed by atoms with Crippen molar-refractivity contribution in [2.24, 2.45) is 0 Å². The van der Waals surface area contributed by atoms with Gasteiger partial charge in [-0.2, -0.15) is 0 Å². The number of rotatable bonds is 6. The molecule has 0 aliphatic carbocycles. The van der Waals surface area contributed by atoms with E-state index in [1.807, 2.05) is 31.4 Å².